The normalized spacial score (nSPS) is 10.2. The van der Waals surface area contributed by atoms with E-state index in [4.69, 9.17) is 24.2 Å². The standard InChI is InChI=1S/C11H16O2.2C11H16O.3C11H16.C10H11N.C10H14.C9H12.2CH4/c1-8(2)9-5-6-10(12-3)11(7-9)13-4;1-9(2)11-6-4-10(5-7-11)8-12-3;1-9(2)11-6-4-5-10(7-11)8-12-3;3*1-4-10-5-7-11(8-6-10)9(2)3;1-8(2)10-5-3-4-9(6-10)7-11;1-8(2)10-6-4-9(3)5-7-10;1-8(2)9-6-4-3-5-7-9;;/h5-8H,1-4H3;2*4-7,9H,8H2,1-3H3;3*5-9H,4H2,1-3H3;3-6,8H,1-2H3;4-8H,1-3H3;3-8H,1-2H3;2*1H4. The second-order valence-corrected chi connectivity index (χ2v) is 28.2. The van der Waals surface area contributed by atoms with E-state index < -0.39 is 0 Å². The van der Waals surface area contributed by atoms with E-state index in [1.807, 2.05) is 42.5 Å². The van der Waals surface area contributed by atoms with Crippen molar-refractivity contribution in [1.29, 1.82) is 5.26 Å². The SMILES string of the molecule is C.C.CC(C)c1cccc(C#N)c1.CC(C)c1ccccc1.CCc1ccc(C(C)C)cc1.CCc1ccc(C(C)C)cc1.CCc1ccc(C(C)C)cc1.COCc1ccc(C(C)C)cc1.COCc1cccc(C(C)C)c1.COc1ccc(C(C)C)cc1OC.Cc1ccc(C(C)C)cc1. The summed E-state index contributed by atoms with van der Waals surface area (Å²) in [6, 6.07) is 78.9. The van der Waals surface area contributed by atoms with Gasteiger partial charge in [-0.3, -0.25) is 0 Å². The molecular formula is C97H141NO4. The van der Waals surface area contributed by atoms with Gasteiger partial charge in [0.1, 0.15) is 0 Å². The average molecular weight is 1390 g/mol. The summed E-state index contributed by atoms with van der Waals surface area (Å²) in [5, 5.41) is 8.59. The number of hydrogen-bond donors (Lipinski definition) is 0. The van der Waals surface area contributed by atoms with Gasteiger partial charge in [0.05, 0.1) is 39.1 Å². The summed E-state index contributed by atoms with van der Waals surface area (Å²) in [5.41, 5.74) is 21.2. The fraction of sp³-hybridized carbons (Fsp3) is 0.433. The summed E-state index contributed by atoms with van der Waals surface area (Å²) in [4.78, 5) is 0. The molecular weight excluding hydrogens is 1240 g/mol. The van der Waals surface area contributed by atoms with Crippen molar-refractivity contribution in [2.75, 3.05) is 28.4 Å². The highest BCUT2D eigenvalue weighted by Crippen LogP contribution is 2.30. The first-order chi connectivity index (χ1) is 47.6. The Morgan fingerprint density at radius 2 is 0.549 bits per heavy atom. The maximum absolute atomic E-state index is 8.59. The Kier molecular flexibility index (Phi) is 52.3. The van der Waals surface area contributed by atoms with Crippen molar-refractivity contribution in [3.05, 3.63) is 307 Å². The van der Waals surface area contributed by atoms with E-state index in [0.717, 1.165) is 36.3 Å². The topological polar surface area (TPSA) is 60.7 Å². The smallest absolute Gasteiger partial charge is 0.160 e. The highest BCUT2D eigenvalue weighted by atomic mass is 16.5. The van der Waals surface area contributed by atoms with Crippen molar-refractivity contribution in [2.24, 2.45) is 0 Å². The summed E-state index contributed by atoms with van der Waals surface area (Å²) in [6.45, 7) is 49.6. The summed E-state index contributed by atoms with van der Waals surface area (Å²) in [5.74, 6) is 7.08. The third-order valence-electron chi connectivity index (χ3n) is 17.0. The van der Waals surface area contributed by atoms with E-state index in [-0.39, 0.29) is 14.9 Å². The van der Waals surface area contributed by atoms with E-state index in [2.05, 4.69) is 334 Å². The van der Waals surface area contributed by atoms with Gasteiger partial charge in [-0.2, -0.15) is 5.26 Å². The summed E-state index contributed by atoms with van der Waals surface area (Å²) in [7, 11) is 6.74. The quantitative estimate of drug-likeness (QED) is 0.0857. The molecule has 9 aromatic rings. The third kappa shape index (κ3) is 40.6. The number of nitrogens with zero attached hydrogens (tertiary/aromatic N) is 1. The first-order valence-electron chi connectivity index (χ1n) is 36.9. The number of hydrogen-bond acceptors (Lipinski definition) is 5. The molecule has 0 atom stereocenters. The second kappa shape index (κ2) is 55.6. The molecule has 0 aromatic heterocycles. The van der Waals surface area contributed by atoms with Gasteiger partial charge in [-0.1, -0.05) is 360 Å². The van der Waals surface area contributed by atoms with E-state index in [9.17, 15) is 0 Å². The number of ether oxygens (including phenoxy) is 4. The van der Waals surface area contributed by atoms with Gasteiger partial charge in [0.15, 0.2) is 11.5 Å². The molecule has 102 heavy (non-hydrogen) atoms. The zero-order valence-corrected chi connectivity index (χ0v) is 67.1. The molecule has 9 rings (SSSR count). The van der Waals surface area contributed by atoms with Gasteiger partial charge >= 0.3 is 0 Å². The van der Waals surface area contributed by atoms with E-state index in [0.29, 0.717) is 66.5 Å². The largest absolute Gasteiger partial charge is 0.493 e. The second-order valence-electron chi connectivity index (χ2n) is 28.2. The molecule has 0 fully saturated rings. The lowest BCUT2D eigenvalue weighted by molar-refractivity contribution is 0.185. The van der Waals surface area contributed by atoms with Crippen molar-refractivity contribution >= 4 is 0 Å². The minimum absolute atomic E-state index is 0. The predicted octanol–water partition coefficient (Wildman–Crippen LogP) is 28.7. The molecule has 0 unspecified atom stereocenters. The maximum atomic E-state index is 8.59. The molecule has 558 valence electrons. The van der Waals surface area contributed by atoms with Crippen LogP contribution in [0.25, 0.3) is 0 Å². The van der Waals surface area contributed by atoms with Crippen molar-refractivity contribution in [3.63, 3.8) is 0 Å². The Morgan fingerprint density at radius 3 is 0.853 bits per heavy atom. The molecule has 0 spiro atoms. The van der Waals surface area contributed by atoms with Crippen LogP contribution in [0, 0.1) is 18.3 Å². The van der Waals surface area contributed by atoms with Crippen molar-refractivity contribution in [2.45, 2.75) is 253 Å². The van der Waals surface area contributed by atoms with Crippen LogP contribution in [0.4, 0.5) is 0 Å². The minimum atomic E-state index is 0. The Bertz CT molecular complexity index is 3390. The number of methoxy groups -OCH3 is 4. The van der Waals surface area contributed by atoms with Gasteiger partial charge < -0.3 is 18.9 Å². The van der Waals surface area contributed by atoms with Crippen molar-refractivity contribution in [3.8, 4) is 17.6 Å². The fourth-order valence-corrected chi connectivity index (χ4v) is 9.76. The van der Waals surface area contributed by atoms with E-state index >= 15 is 0 Å². The molecule has 0 radical (unpaired) electrons. The third-order valence-corrected chi connectivity index (χ3v) is 17.0. The molecule has 5 heteroatoms. The fourth-order valence-electron chi connectivity index (χ4n) is 9.76. The Labute approximate surface area is 626 Å². The molecule has 0 amide bonds. The number of benzene rings is 9. The lowest BCUT2D eigenvalue weighted by Crippen LogP contribution is -1.93. The highest BCUT2D eigenvalue weighted by Gasteiger charge is 2.07. The molecule has 0 saturated carbocycles. The number of rotatable bonds is 18. The highest BCUT2D eigenvalue weighted by molar-refractivity contribution is 5.44. The van der Waals surface area contributed by atoms with Gasteiger partial charge in [-0.15, -0.1) is 0 Å². The monoisotopic (exact) mass is 1380 g/mol. The van der Waals surface area contributed by atoms with Gasteiger partial charge in [0, 0.05) is 14.2 Å². The number of nitriles is 1. The van der Waals surface area contributed by atoms with Crippen LogP contribution in [0.1, 0.15) is 303 Å². The molecule has 0 heterocycles. The Hall–Kier alpha value is -8.01. The van der Waals surface area contributed by atoms with Gasteiger partial charge in [0.25, 0.3) is 0 Å². The van der Waals surface area contributed by atoms with Crippen LogP contribution < -0.4 is 9.47 Å². The lowest BCUT2D eigenvalue weighted by atomic mass is 10.0. The van der Waals surface area contributed by atoms with E-state index in [1.165, 1.54) is 83.5 Å². The van der Waals surface area contributed by atoms with Gasteiger partial charge in [0.2, 0.25) is 0 Å². The average Bonchev–Trinajstić information content (AvgIpc) is 0.878. The zero-order valence-electron chi connectivity index (χ0n) is 67.1. The molecule has 0 N–H and O–H groups in total. The van der Waals surface area contributed by atoms with Crippen molar-refractivity contribution < 1.29 is 18.9 Å². The van der Waals surface area contributed by atoms with Crippen LogP contribution in [0.5, 0.6) is 11.5 Å². The predicted molar refractivity (Wildman–Crippen MR) is 450 cm³/mol. The van der Waals surface area contributed by atoms with Crippen LogP contribution >= 0.6 is 0 Å². The molecule has 0 aliphatic carbocycles. The lowest BCUT2D eigenvalue weighted by Gasteiger charge is -2.11. The molecule has 5 nitrogen and oxygen atoms in total. The van der Waals surface area contributed by atoms with Crippen molar-refractivity contribution in [1.82, 2.24) is 0 Å². The minimum Gasteiger partial charge on any atom is -0.493 e. The van der Waals surface area contributed by atoms with Crippen LogP contribution in [-0.4, -0.2) is 28.4 Å². The summed E-state index contributed by atoms with van der Waals surface area (Å²) in [6.07, 6.45) is 3.41. The zero-order chi connectivity index (χ0) is 75.1. The first-order valence-corrected chi connectivity index (χ1v) is 36.9. The maximum Gasteiger partial charge on any atom is 0.160 e. The molecule has 0 aliphatic rings. The van der Waals surface area contributed by atoms with Crippen LogP contribution in [0.2, 0.25) is 0 Å². The van der Waals surface area contributed by atoms with Crippen LogP contribution in [0.3, 0.4) is 0 Å². The summed E-state index contributed by atoms with van der Waals surface area (Å²) < 4.78 is 20.4. The van der Waals surface area contributed by atoms with Crippen LogP contribution in [0.15, 0.2) is 218 Å². The Balaban J connectivity index is 0. The van der Waals surface area contributed by atoms with Gasteiger partial charge in [-0.05, 0) is 182 Å². The van der Waals surface area contributed by atoms with E-state index in [1.54, 1.807) is 28.4 Å². The molecule has 0 saturated heterocycles. The van der Waals surface area contributed by atoms with Crippen LogP contribution in [-0.2, 0) is 41.9 Å². The Morgan fingerprint density at radius 1 is 0.275 bits per heavy atom. The molecule has 0 aliphatic heterocycles. The molecule has 9 aromatic carbocycles. The first kappa shape index (κ1) is 96.0. The number of aryl methyl sites for hydroxylation is 4. The molecule has 0 bridgehead atoms. The summed E-state index contributed by atoms with van der Waals surface area (Å²) >= 11 is 0. The van der Waals surface area contributed by atoms with Gasteiger partial charge in [-0.25, -0.2) is 0 Å².